The predicted molar refractivity (Wildman–Crippen MR) is 96.4 cm³/mol. The maximum atomic E-state index is 12.9. The zero-order chi connectivity index (χ0) is 17.6. The number of nitrogens with one attached hydrogen (secondary N) is 1. The van der Waals surface area contributed by atoms with E-state index >= 15 is 0 Å². The van der Waals surface area contributed by atoms with Crippen LogP contribution in [0.2, 0.25) is 0 Å². The first kappa shape index (κ1) is 16.7. The lowest BCUT2D eigenvalue weighted by Gasteiger charge is -2.14. The van der Waals surface area contributed by atoms with Crippen molar-refractivity contribution in [2.75, 3.05) is 6.61 Å². The fraction of sp³-hybridized carbons (Fsp3) is 0.143. The van der Waals surface area contributed by atoms with E-state index in [-0.39, 0.29) is 12.4 Å². The zero-order valence-electron chi connectivity index (χ0n) is 13.9. The molecule has 3 rings (SSSR count). The van der Waals surface area contributed by atoms with E-state index in [1.807, 2.05) is 42.5 Å². The topological polar surface area (TPSA) is 59.2 Å². The van der Waals surface area contributed by atoms with Gasteiger partial charge in [0.25, 0.3) is 0 Å². The lowest BCUT2D eigenvalue weighted by Crippen LogP contribution is -2.24. The van der Waals surface area contributed by atoms with Crippen LogP contribution in [-0.2, 0) is 9.53 Å². The lowest BCUT2D eigenvalue weighted by atomic mass is 9.93. The third-order valence-electron chi connectivity index (χ3n) is 3.99. The molecule has 1 atom stereocenters. The molecular weight excluding hydrogens is 314 g/mol. The van der Waals surface area contributed by atoms with Crippen molar-refractivity contribution in [3.05, 3.63) is 84.2 Å². The van der Waals surface area contributed by atoms with Gasteiger partial charge in [-0.1, -0.05) is 54.6 Å². The minimum atomic E-state index is -0.975. The minimum Gasteiger partial charge on any atom is -0.465 e. The van der Waals surface area contributed by atoms with Gasteiger partial charge in [-0.2, -0.15) is 0 Å². The van der Waals surface area contributed by atoms with Gasteiger partial charge in [-0.05, 0) is 30.2 Å². The molecular formula is C21H19NO3. The molecule has 3 aromatic rings. The van der Waals surface area contributed by atoms with Crippen LogP contribution in [0.15, 0.2) is 72.9 Å². The molecule has 0 saturated heterocycles. The van der Waals surface area contributed by atoms with Crippen LogP contribution in [-0.4, -0.2) is 23.3 Å². The molecule has 1 N–H and O–H groups in total. The molecule has 0 spiro atoms. The SMILES string of the molecule is CCOC(=O)C(C(=O)c1ccc(-c2ccccc2)cc1)c1ccc[nH]1. The van der Waals surface area contributed by atoms with Crippen LogP contribution in [0.1, 0.15) is 28.9 Å². The molecule has 0 amide bonds. The Bertz CT molecular complexity index is 837. The van der Waals surface area contributed by atoms with Gasteiger partial charge in [0.05, 0.1) is 6.61 Å². The summed E-state index contributed by atoms with van der Waals surface area (Å²) in [6.45, 7) is 1.96. The first-order chi connectivity index (χ1) is 12.2. The molecule has 1 heterocycles. The van der Waals surface area contributed by atoms with Crippen molar-refractivity contribution in [2.24, 2.45) is 0 Å². The second kappa shape index (κ2) is 7.62. The quantitative estimate of drug-likeness (QED) is 0.417. The number of aromatic nitrogens is 1. The number of aromatic amines is 1. The summed E-state index contributed by atoms with van der Waals surface area (Å²) in [4.78, 5) is 28.1. The van der Waals surface area contributed by atoms with Crippen LogP contribution >= 0.6 is 0 Å². The minimum absolute atomic E-state index is 0.232. The zero-order valence-corrected chi connectivity index (χ0v) is 13.9. The number of carbonyl (C=O) groups is 2. The maximum absolute atomic E-state index is 12.9. The van der Waals surface area contributed by atoms with Gasteiger partial charge in [0, 0.05) is 17.5 Å². The summed E-state index contributed by atoms with van der Waals surface area (Å²) in [7, 11) is 0. The Hall–Kier alpha value is -3.14. The third kappa shape index (κ3) is 3.69. The van der Waals surface area contributed by atoms with Gasteiger partial charge in [-0.25, -0.2) is 0 Å². The van der Waals surface area contributed by atoms with Crippen molar-refractivity contribution >= 4 is 11.8 Å². The lowest BCUT2D eigenvalue weighted by molar-refractivity contribution is -0.143. The van der Waals surface area contributed by atoms with Gasteiger partial charge in [-0.3, -0.25) is 9.59 Å². The molecule has 4 nitrogen and oxygen atoms in total. The van der Waals surface area contributed by atoms with Gasteiger partial charge < -0.3 is 9.72 Å². The van der Waals surface area contributed by atoms with Crippen LogP contribution in [0, 0.1) is 0 Å². The number of H-pyrrole nitrogens is 1. The van der Waals surface area contributed by atoms with E-state index in [4.69, 9.17) is 4.74 Å². The van der Waals surface area contributed by atoms with Gasteiger partial charge in [0.15, 0.2) is 11.7 Å². The Morgan fingerprint density at radius 3 is 2.20 bits per heavy atom. The number of ether oxygens (including phenoxy) is 1. The second-order valence-corrected chi connectivity index (χ2v) is 5.62. The summed E-state index contributed by atoms with van der Waals surface area (Å²) in [5.41, 5.74) is 3.11. The molecule has 126 valence electrons. The fourth-order valence-electron chi connectivity index (χ4n) is 2.75. The van der Waals surface area contributed by atoms with E-state index in [1.165, 1.54) is 0 Å². The Morgan fingerprint density at radius 1 is 0.920 bits per heavy atom. The second-order valence-electron chi connectivity index (χ2n) is 5.62. The molecule has 0 bridgehead atoms. The summed E-state index contributed by atoms with van der Waals surface area (Å²) in [6.07, 6.45) is 1.69. The van der Waals surface area contributed by atoms with E-state index in [0.29, 0.717) is 11.3 Å². The monoisotopic (exact) mass is 333 g/mol. The smallest absolute Gasteiger partial charge is 0.322 e. The van der Waals surface area contributed by atoms with Gasteiger partial charge in [-0.15, -0.1) is 0 Å². The predicted octanol–water partition coefficient (Wildman–Crippen LogP) is 4.21. The highest BCUT2D eigenvalue weighted by atomic mass is 16.5. The van der Waals surface area contributed by atoms with Crippen LogP contribution in [0.3, 0.4) is 0 Å². The van der Waals surface area contributed by atoms with Crippen molar-refractivity contribution in [1.82, 2.24) is 4.98 Å². The highest BCUT2D eigenvalue weighted by Crippen LogP contribution is 2.24. The molecule has 25 heavy (non-hydrogen) atoms. The fourth-order valence-corrected chi connectivity index (χ4v) is 2.75. The largest absolute Gasteiger partial charge is 0.465 e. The first-order valence-electron chi connectivity index (χ1n) is 8.20. The summed E-state index contributed by atoms with van der Waals surface area (Å²) >= 11 is 0. The molecule has 1 unspecified atom stereocenters. The molecule has 1 aromatic heterocycles. The summed E-state index contributed by atoms with van der Waals surface area (Å²) < 4.78 is 5.08. The summed E-state index contributed by atoms with van der Waals surface area (Å²) in [6, 6.07) is 20.7. The highest BCUT2D eigenvalue weighted by Gasteiger charge is 2.31. The van der Waals surface area contributed by atoms with Crippen LogP contribution in [0.25, 0.3) is 11.1 Å². The molecule has 0 aliphatic carbocycles. The van der Waals surface area contributed by atoms with Crippen molar-refractivity contribution < 1.29 is 14.3 Å². The molecule has 0 radical (unpaired) electrons. The van der Waals surface area contributed by atoms with E-state index in [0.717, 1.165) is 11.1 Å². The molecule has 0 aliphatic rings. The van der Waals surface area contributed by atoms with E-state index in [2.05, 4.69) is 4.98 Å². The van der Waals surface area contributed by atoms with Crippen LogP contribution < -0.4 is 0 Å². The van der Waals surface area contributed by atoms with Gasteiger partial charge in [0.1, 0.15) is 0 Å². The highest BCUT2D eigenvalue weighted by molar-refractivity contribution is 6.12. The number of hydrogen-bond donors (Lipinski definition) is 1. The van der Waals surface area contributed by atoms with Crippen LogP contribution in [0.4, 0.5) is 0 Å². The standard InChI is InChI=1S/C21H19NO3/c1-2-25-21(24)19(18-9-6-14-22-18)20(23)17-12-10-16(11-13-17)15-7-4-3-5-8-15/h3-14,19,22H,2H2,1H3. The number of ketones is 1. The Labute approximate surface area is 146 Å². The molecule has 0 aliphatic heterocycles. The number of Topliss-reactive ketones (excluding diaryl/α,β-unsaturated/α-hetero) is 1. The molecule has 2 aromatic carbocycles. The summed E-state index contributed by atoms with van der Waals surface area (Å²) in [5, 5.41) is 0. The van der Waals surface area contributed by atoms with Gasteiger partial charge in [0.2, 0.25) is 0 Å². The first-order valence-corrected chi connectivity index (χ1v) is 8.20. The maximum Gasteiger partial charge on any atom is 0.322 e. The van der Waals surface area contributed by atoms with Crippen molar-refractivity contribution in [3.8, 4) is 11.1 Å². The van der Waals surface area contributed by atoms with Gasteiger partial charge >= 0.3 is 5.97 Å². The molecule has 4 heteroatoms. The summed E-state index contributed by atoms with van der Waals surface area (Å²) in [5.74, 6) is -1.79. The van der Waals surface area contributed by atoms with Crippen LogP contribution in [0.5, 0.6) is 0 Å². The molecule has 0 saturated carbocycles. The van der Waals surface area contributed by atoms with E-state index in [1.54, 1.807) is 37.4 Å². The normalized spacial score (nSPS) is 11.7. The number of hydrogen-bond acceptors (Lipinski definition) is 3. The molecule has 0 fully saturated rings. The van der Waals surface area contributed by atoms with Crippen molar-refractivity contribution in [3.63, 3.8) is 0 Å². The number of benzene rings is 2. The Kier molecular flexibility index (Phi) is 5.09. The van der Waals surface area contributed by atoms with E-state index < -0.39 is 11.9 Å². The van der Waals surface area contributed by atoms with Crippen molar-refractivity contribution in [2.45, 2.75) is 12.8 Å². The van der Waals surface area contributed by atoms with Crippen molar-refractivity contribution in [1.29, 1.82) is 0 Å². The number of esters is 1. The number of rotatable bonds is 6. The average molecular weight is 333 g/mol. The number of carbonyl (C=O) groups excluding carboxylic acids is 2. The third-order valence-corrected chi connectivity index (χ3v) is 3.99. The Morgan fingerprint density at radius 2 is 1.60 bits per heavy atom. The average Bonchev–Trinajstić information content (AvgIpc) is 3.17. The Balaban J connectivity index is 1.88. The van der Waals surface area contributed by atoms with E-state index in [9.17, 15) is 9.59 Å².